The largest absolute Gasteiger partial charge is 0.417 e. The maximum atomic E-state index is 12.4. The Morgan fingerprint density at radius 3 is 2.65 bits per heavy atom. The molecular weight excluding hydrogens is 285 g/mol. The molecule has 0 spiro atoms. The Hall–Kier alpha value is -0.750. The van der Waals surface area contributed by atoms with E-state index in [1.165, 1.54) is 17.8 Å². The normalized spacial score (nSPS) is 13.4. The molecule has 2 nitrogen and oxygen atoms in total. The first-order valence-electron chi connectivity index (χ1n) is 6.83. The van der Waals surface area contributed by atoms with Crippen molar-refractivity contribution in [2.75, 3.05) is 12.3 Å². The summed E-state index contributed by atoms with van der Waals surface area (Å²) in [4.78, 5) is 3.84. The van der Waals surface area contributed by atoms with Crippen LogP contribution in [0.1, 0.15) is 38.7 Å². The van der Waals surface area contributed by atoms with Gasteiger partial charge in [0.25, 0.3) is 0 Å². The molecule has 0 aliphatic carbocycles. The van der Waals surface area contributed by atoms with Crippen LogP contribution in [0.25, 0.3) is 0 Å². The van der Waals surface area contributed by atoms with Crippen LogP contribution in [-0.4, -0.2) is 23.3 Å². The number of halogens is 3. The van der Waals surface area contributed by atoms with E-state index >= 15 is 0 Å². The summed E-state index contributed by atoms with van der Waals surface area (Å²) in [5, 5.41) is 4.05. The lowest BCUT2D eigenvalue weighted by molar-refractivity contribution is -0.137. The Labute approximate surface area is 122 Å². The SMILES string of the molecule is CCCNC(C)CCCSc1ccc(C(F)(F)F)cn1. The Balaban J connectivity index is 2.26. The number of aromatic nitrogens is 1. The zero-order chi connectivity index (χ0) is 15.0. The molecule has 0 bridgehead atoms. The van der Waals surface area contributed by atoms with Gasteiger partial charge in [-0.2, -0.15) is 13.2 Å². The van der Waals surface area contributed by atoms with Gasteiger partial charge in [0.1, 0.15) is 0 Å². The van der Waals surface area contributed by atoms with Gasteiger partial charge in [0, 0.05) is 12.2 Å². The number of hydrogen-bond acceptors (Lipinski definition) is 3. The van der Waals surface area contributed by atoms with Crippen molar-refractivity contribution in [3.63, 3.8) is 0 Å². The van der Waals surface area contributed by atoms with Gasteiger partial charge in [-0.15, -0.1) is 11.8 Å². The van der Waals surface area contributed by atoms with Gasteiger partial charge in [-0.25, -0.2) is 4.98 Å². The molecule has 1 N–H and O–H groups in total. The van der Waals surface area contributed by atoms with Gasteiger partial charge in [0.05, 0.1) is 10.6 Å². The predicted octanol–water partition coefficient (Wildman–Crippen LogP) is 4.36. The molecular formula is C14H21F3N2S. The lowest BCUT2D eigenvalue weighted by Gasteiger charge is -2.12. The molecule has 1 aromatic rings. The van der Waals surface area contributed by atoms with Crippen molar-refractivity contribution < 1.29 is 13.2 Å². The summed E-state index contributed by atoms with van der Waals surface area (Å²) in [6.07, 6.45) is -0.211. The Kier molecular flexibility index (Phi) is 7.37. The number of rotatable bonds is 8. The fourth-order valence-corrected chi connectivity index (χ4v) is 2.50. The highest BCUT2D eigenvalue weighted by atomic mass is 32.2. The predicted molar refractivity (Wildman–Crippen MR) is 77.0 cm³/mol. The van der Waals surface area contributed by atoms with Crippen molar-refractivity contribution in [2.45, 2.75) is 50.4 Å². The van der Waals surface area contributed by atoms with Crippen LogP contribution < -0.4 is 5.32 Å². The first-order valence-corrected chi connectivity index (χ1v) is 7.81. The summed E-state index contributed by atoms with van der Waals surface area (Å²) in [6, 6.07) is 3.00. The van der Waals surface area contributed by atoms with E-state index in [2.05, 4.69) is 24.1 Å². The number of pyridine rings is 1. The zero-order valence-electron chi connectivity index (χ0n) is 11.8. The molecule has 0 saturated heterocycles. The lowest BCUT2D eigenvalue weighted by atomic mass is 10.2. The number of hydrogen-bond donors (Lipinski definition) is 1. The lowest BCUT2D eigenvalue weighted by Crippen LogP contribution is -2.26. The highest BCUT2D eigenvalue weighted by Crippen LogP contribution is 2.29. The van der Waals surface area contributed by atoms with Crippen LogP contribution in [0.2, 0.25) is 0 Å². The second kappa shape index (κ2) is 8.52. The van der Waals surface area contributed by atoms with Gasteiger partial charge in [0.15, 0.2) is 0 Å². The van der Waals surface area contributed by atoms with Gasteiger partial charge in [-0.3, -0.25) is 0 Å². The summed E-state index contributed by atoms with van der Waals surface area (Å²) in [5.74, 6) is 0.872. The molecule has 20 heavy (non-hydrogen) atoms. The van der Waals surface area contributed by atoms with Crippen molar-refractivity contribution in [1.29, 1.82) is 0 Å². The van der Waals surface area contributed by atoms with E-state index in [0.717, 1.165) is 43.8 Å². The minimum atomic E-state index is -4.31. The molecule has 0 amide bonds. The number of nitrogens with one attached hydrogen (secondary N) is 1. The zero-order valence-corrected chi connectivity index (χ0v) is 12.7. The van der Waals surface area contributed by atoms with Gasteiger partial charge >= 0.3 is 6.18 Å². The number of nitrogens with zero attached hydrogens (tertiary/aromatic N) is 1. The van der Waals surface area contributed by atoms with Gasteiger partial charge in [-0.1, -0.05) is 6.92 Å². The molecule has 0 aromatic carbocycles. The minimum absolute atomic E-state index is 0.483. The van der Waals surface area contributed by atoms with Crippen LogP contribution in [0.4, 0.5) is 13.2 Å². The van der Waals surface area contributed by atoms with E-state index < -0.39 is 11.7 Å². The fourth-order valence-electron chi connectivity index (χ4n) is 1.69. The van der Waals surface area contributed by atoms with Crippen molar-refractivity contribution in [2.24, 2.45) is 0 Å². The van der Waals surface area contributed by atoms with Crippen LogP contribution in [-0.2, 0) is 6.18 Å². The Bertz CT molecular complexity index is 379. The van der Waals surface area contributed by atoms with E-state index in [-0.39, 0.29) is 0 Å². The second-order valence-electron chi connectivity index (χ2n) is 4.73. The fraction of sp³-hybridized carbons (Fsp3) is 0.643. The molecule has 1 heterocycles. The average Bonchev–Trinajstić information content (AvgIpc) is 2.41. The molecule has 0 aliphatic rings. The van der Waals surface area contributed by atoms with E-state index in [9.17, 15) is 13.2 Å². The van der Waals surface area contributed by atoms with Crippen LogP contribution in [0.3, 0.4) is 0 Å². The smallest absolute Gasteiger partial charge is 0.314 e. The number of alkyl halides is 3. The van der Waals surface area contributed by atoms with E-state index in [1.807, 2.05) is 0 Å². The third kappa shape index (κ3) is 6.61. The maximum Gasteiger partial charge on any atom is 0.417 e. The molecule has 0 saturated carbocycles. The summed E-state index contributed by atoms with van der Waals surface area (Å²) in [7, 11) is 0. The van der Waals surface area contributed by atoms with E-state index in [1.54, 1.807) is 0 Å². The Morgan fingerprint density at radius 2 is 2.10 bits per heavy atom. The molecule has 0 fully saturated rings. The van der Waals surface area contributed by atoms with E-state index in [0.29, 0.717) is 11.1 Å². The van der Waals surface area contributed by atoms with E-state index in [4.69, 9.17) is 0 Å². The second-order valence-corrected chi connectivity index (χ2v) is 5.84. The highest BCUT2D eigenvalue weighted by Gasteiger charge is 2.30. The third-order valence-corrected chi connectivity index (χ3v) is 3.87. The van der Waals surface area contributed by atoms with Gasteiger partial charge < -0.3 is 5.32 Å². The molecule has 1 aromatic heterocycles. The molecule has 6 heteroatoms. The molecule has 0 aliphatic heterocycles. The van der Waals surface area contributed by atoms with Crippen molar-refractivity contribution in [3.05, 3.63) is 23.9 Å². The van der Waals surface area contributed by atoms with Crippen molar-refractivity contribution in [1.82, 2.24) is 10.3 Å². The third-order valence-electron chi connectivity index (χ3n) is 2.84. The molecule has 0 radical (unpaired) electrons. The van der Waals surface area contributed by atoms with Crippen LogP contribution >= 0.6 is 11.8 Å². The first-order chi connectivity index (χ1) is 9.43. The maximum absolute atomic E-state index is 12.4. The van der Waals surface area contributed by atoms with Crippen LogP contribution in [0.15, 0.2) is 23.4 Å². The monoisotopic (exact) mass is 306 g/mol. The molecule has 114 valence electrons. The molecule has 1 unspecified atom stereocenters. The summed E-state index contributed by atoms with van der Waals surface area (Å²) >= 11 is 1.50. The quantitative estimate of drug-likeness (QED) is 0.570. The summed E-state index contributed by atoms with van der Waals surface area (Å²) in [5.41, 5.74) is -0.695. The van der Waals surface area contributed by atoms with Crippen molar-refractivity contribution in [3.8, 4) is 0 Å². The van der Waals surface area contributed by atoms with Gasteiger partial charge in [0.2, 0.25) is 0 Å². The van der Waals surface area contributed by atoms with Crippen LogP contribution in [0, 0.1) is 0 Å². The number of thioether (sulfide) groups is 1. The van der Waals surface area contributed by atoms with Crippen LogP contribution in [0.5, 0.6) is 0 Å². The summed E-state index contributed by atoms with van der Waals surface area (Å²) < 4.78 is 37.1. The minimum Gasteiger partial charge on any atom is -0.314 e. The molecule has 1 rings (SSSR count). The average molecular weight is 306 g/mol. The van der Waals surface area contributed by atoms with Gasteiger partial charge in [-0.05, 0) is 50.6 Å². The topological polar surface area (TPSA) is 24.9 Å². The Morgan fingerprint density at radius 1 is 1.35 bits per heavy atom. The van der Waals surface area contributed by atoms with Crippen molar-refractivity contribution >= 4 is 11.8 Å². The standard InChI is InChI=1S/C14H21F3N2S/c1-3-8-18-11(2)5-4-9-20-13-7-6-12(10-19-13)14(15,16)17/h6-7,10-11,18H,3-5,8-9H2,1-2H3. The first kappa shape index (κ1) is 17.3. The highest BCUT2D eigenvalue weighted by molar-refractivity contribution is 7.99. The summed E-state index contributed by atoms with van der Waals surface area (Å²) in [6.45, 7) is 5.30. The molecule has 1 atom stereocenters.